The summed E-state index contributed by atoms with van der Waals surface area (Å²) in [5, 5.41) is 3.83. The minimum atomic E-state index is -0.719. The summed E-state index contributed by atoms with van der Waals surface area (Å²) in [6.45, 7) is 3.65. The minimum absolute atomic E-state index is 0.00372. The number of likely N-dealkylation sites (tertiary alicyclic amines) is 1. The van der Waals surface area contributed by atoms with Gasteiger partial charge in [0, 0.05) is 25.2 Å². The van der Waals surface area contributed by atoms with Crippen molar-refractivity contribution < 1.29 is 18.1 Å². The molecule has 0 aliphatic carbocycles. The lowest BCUT2D eigenvalue weighted by atomic mass is 10.00. The Balaban J connectivity index is 1.70. The minimum Gasteiger partial charge on any atom is -0.356 e. The van der Waals surface area contributed by atoms with E-state index in [1.54, 1.807) is 0 Å². The van der Waals surface area contributed by atoms with Gasteiger partial charge in [-0.05, 0) is 30.9 Å². The summed E-state index contributed by atoms with van der Waals surface area (Å²) in [5.41, 5.74) is 0.580. The Labute approximate surface area is 133 Å². The third-order valence-corrected chi connectivity index (χ3v) is 4.10. The average molecular weight is 320 g/mol. The smallest absolute Gasteiger partial charge is 0.228 e. The molecule has 6 heteroatoms. The van der Waals surface area contributed by atoms with Crippen LogP contribution in [0.25, 0.3) is 11.3 Å². The van der Waals surface area contributed by atoms with Crippen LogP contribution in [0.5, 0.6) is 0 Å². The van der Waals surface area contributed by atoms with E-state index in [2.05, 4.69) is 12.1 Å². The van der Waals surface area contributed by atoms with Crippen LogP contribution in [0.4, 0.5) is 8.78 Å². The number of benzene rings is 1. The monoisotopic (exact) mass is 320 g/mol. The quantitative estimate of drug-likeness (QED) is 0.870. The van der Waals surface area contributed by atoms with Crippen LogP contribution in [0.15, 0.2) is 28.8 Å². The SMILES string of the molecule is CC1CCCN(C(=O)Cc2cc(-c3ccc(F)cc3F)on2)C1. The molecular formula is C17H18F2N2O2. The summed E-state index contributed by atoms with van der Waals surface area (Å²) in [7, 11) is 0. The van der Waals surface area contributed by atoms with Crippen LogP contribution in [-0.2, 0) is 11.2 Å². The molecule has 0 radical (unpaired) electrons. The van der Waals surface area contributed by atoms with Crippen LogP contribution in [0.3, 0.4) is 0 Å². The van der Waals surface area contributed by atoms with Gasteiger partial charge in [-0.15, -0.1) is 0 Å². The second kappa shape index (κ2) is 6.48. The number of halogens is 2. The molecule has 1 aliphatic heterocycles. The highest BCUT2D eigenvalue weighted by Crippen LogP contribution is 2.25. The number of piperidine rings is 1. The van der Waals surface area contributed by atoms with Gasteiger partial charge >= 0.3 is 0 Å². The molecule has 4 nitrogen and oxygen atoms in total. The van der Waals surface area contributed by atoms with Crippen LogP contribution in [0.1, 0.15) is 25.5 Å². The van der Waals surface area contributed by atoms with E-state index in [0.717, 1.165) is 38.1 Å². The van der Waals surface area contributed by atoms with Crippen LogP contribution in [-0.4, -0.2) is 29.1 Å². The zero-order valence-corrected chi connectivity index (χ0v) is 12.9. The lowest BCUT2D eigenvalue weighted by Crippen LogP contribution is -2.39. The van der Waals surface area contributed by atoms with Crippen LogP contribution in [0, 0.1) is 17.6 Å². The van der Waals surface area contributed by atoms with Crippen molar-refractivity contribution in [2.24, 2.45) is 5.92 Å². The number of amides is 1. The fraction of sp³-hybridized carbons (Fsp3) is 0.412. The van der Waals surface area contributed by atoms with E-state index >= 15 is 0 Å². The lowest BCUT2D eigenvalue weighted by Gasteiger charge is -2.30. The lowest BCUT2D eigenvalue weighted by molar-refractivity contribution is -0.132. The molecule has 122 valence electrons. The Bertz CT molecular complexity index is 714. The molecule has 0 bridgehead atoms. The maximum atomic E-state index is 13.7. The van der Waals surface area contributed by atoms with E-state index < -0.39 is 11.6 Å². The van der Waals surface area contributed by atoms with Crippen molar-refractivity contribution in [1.29, 1.82) is 0 Å². The summed E-state index contributed by atoms with van der Waals surface area (Å²) in [6.07, 6.45) is 2.28. The fourth-order valence-electron chi connectivity index (χ4n) is 2.89. The van der Waals surface area contributed by atoms with E-state index in [0.29, 0.717) is 11.6 Å². The van der Waals surface area contributed by atoms with Crippen LogP contribution >= 0.6 is 0 Å². The fourth-order valence-corrected chi connectivity index (χ4v) is 2.89. The highest BCUT2D eigenvalue weighted by molar-refractivity contribution is 5.78. The van der Waals surface area contributed by atoms with E-state index in [-0.39, 0.29) is 23.7 Å². The third-order valence-electron chi connectivity index (χ3n) is 4.10. The summed E-state index contributed by atoms with van der Waals surface area (Å²) in [4.78, 5) is 14.1. The number of hydrogen-bond donors (Lipinski definition) is 0. The van der Waals surface area contributed by atoms with Gasteiger partial charge in [0.1, 0.15) is 11.6 Å². The second-order valence-electron chi connectivity index (χ2n) is 6.07. The standard InChI is InChI=1S/C17H18F2N2O2/c1-11-3-2-6-21(10-11)17(22)9-13-8-16(23-20-13)14-5-4-12(18)7-15(14)19/h4-5,7-8,11H,2-3,6,9-10H2,1H3. The summed E-state index contributed by atoms with van der Waals surface area (Å²) < 4.78 is 31.8. The van der Waals surface area contributed by atoms with Crippen LogP contribution < -0.4 is 0 Å². The van der Waals surface area contributed by atoms with E-state index in [4.69, 9.17) is 4.52 Å². The first-order chi connectivity index (χ1) is 11.0. The Kier molecular flexibility index (Phi) is 4.41. The molecule has 2 heterocycles. The maximum absolute atomic E-state index is 13.7. The number of nitrogens with zero attached hydrogens (tertiary/aromatic N) is 2. The van der Waals surface area contributed by atoms with Gasteiger partial charge < -0.3 is 9.42 Å². The van der Waals surface area contributed by atoms with Gasteiger partial charge in [-0.1, -0.05) is 12.1 Å². The van der Waals surface area contributed by atoms with Crippen molar-refractivity contribution in [1.82, 2.24) is 10.1 Å². The van der Waals surface area contributed by atoms with Crippen molar-refractivity contribution in [2.75, 3.05) is 13.1 Å². The van der Waals surface area contributed by atoms with Gasteiger partial charge in [0.05, 0.1) is 17.7 Å². The average Bonchev–Trinajstić information content (AvgIpc) is 2.95. The molecule has 1 aliphatic rings. The van der Waals surface area contributed by atoms with E-state index in [1.165, 1.54) is 12.1 Å². The number of carbonyl (C=O) groups is 1. The molecule has 1 amide bonds. The van der Waals surface area contributed by atoms with Crippen molar-refractivity contribution in [2.45, 2.75) is 26.2 Å². The van der Waals surface area contributed by atoms with E-state index in [9.17, 15) is 13.6 Å². The summed E-state index contributed by atoms with van der Waals surface area (Å²) in [6, 6.07) is 4.77. The van der Waals surface area contributed by atoms with Gasteiger partial charge in [0.25, 0.3) is 0 Å². The molecule has 2 aromatic rings. The molecule has 3 rings (SSSR count). The predicted molar refractivity (Wildman–Crippen MR) is 80.5 cm³/mol. The van der Waals surface area contributed by atoms with Crippen molar-refractivity contribution in [3.05, 3.63) is 41.6 Å². The second-order valence-corrected chi connectivity index (χ2v) is 6.07. The highest BCUT2D eigenvalue weighted by atomic mass is 19.1. The zero-order chi connectivity index (χ0) is 16.4. The number of hydrogen-bond acceptors (Lipinski definition) is 3. The molecule has 1 unspecified atom stereocenters. The Morgan fingerprint density at radius 3 is 2.96 bits per heavy atom. The number of aromatic nitrogens is 1. The van der Waals surface area contributed by atoms with E-state index in [1.807, 2.05) is 4.90 Å². The molecule has 0 saturated carbocycles. The maximum Gasteiger partial charge on any atom is 0.228 e. The third kappa shape index (κ3) is 3.57. The summed E-state index contributed by atoms with van der Waals surface area (Å²) in [5.74, 6) is -0.675. The molecule has 1 atom stereocenters. The molecule has 0 spiro atoms. The molecule has 1 saturated heterocycles. The van der Waals surface area contributed by atoms with Crippen molar-refractivity contribution in [3.63, 3.8) is 0 Å². The van der Waals surface area contributed by atoms with Gasteiger partial charge in [0.15, 0.2) is 5.76 Å². The summed E-state index contributed by atoms with van der Waals surface area (Å²) >= 11 is 0. The van der Waals surface area contributed by atoms with Gasteiger partial charge in [0.2, 0.25) is 5.91 Å². The molecule has 23 heavy (non-hydrogen) atoms. The topological polar surface area (TPSA) is 46.3 Å². The first-order valence-corrected chi connectivity index (χ1v) is 7.71. The zero-order valence-electron chi connectivity index (χ0n) is 12.9. The largest absolute Gasteiger partial charge is 0.356 e. The molecule has 0 N–H and O–H groups in total. The Hall–Kier alpha value is -2.24. The normalized spacial score (nSPS) is 18.2. The molecule has 1 aromatic carbocycles. The van der Waals surface area contributed by atoms with Gasteiger partial charge in [-0.2, -0.15) is 0 Å². The number of rotatable bonds is 3. The molecular weight excluding hydrogens is 302 g/mol. The first-order valence-electron chi connectivity index (χ1n) is 7.71. The predicted octanol–water partition coefficient (Wildman–Crippen LogP) is 3.42. The first kappa shape index (κ1) is 15.6. The molecule has 1 fully saturated rings. The number of carbonyl (C=O) groups excluding carboxylic acids is 1. The van der Waals surface area contributed by atoms with Crippen molar-refractivity contribution in [3.8, 4) is 11.3 Å². The Morgan fingerprint density at radius 1 is 1.39 bits per heavy atom. The molecule has 1 aromatic heterocycles. The Morgan fingerprint density at radius 2 is 2.22 bits per heavy atom. The highest BCUT2D eigenvalue weighted by Gasteiger charge is 2.22. The van der Waals surface area contributed by atoms with Crippen molar-refractivity contribution >= 4 is 5.91 Å². The van der Waals surface area contributed by atoms with Crippen LogP contribution in [0.2, 0.25) is 0 Å². The van der Waals surface area contributed by atoms with Gasteiger partial charge in [-0.3, -0.25) is 4.79 Å². The van der Waals surface area contributed by atoms with Gasteiger partial charge in [-0.25, -0.2) is 8.78 Å².